The average molecular weight is 355 g/mol. The molecule has 2 aromatic carbocycles. The van der Waals surface area contributed by atoms with Gasteiger partial charge in [-0.2, -0.15) is 0 Å². The van der Waals surface area contributed by atoms with Gasteiger partial charge in [-0.1, -0.05) is 39.7 Å². The summed E-state index contributed by atoms with van der Waals surface area (Å²) in [6, 6.07) is 13.3. The Hall–Kier alpha value is -2.20. The van der Waals surface area contributed by atoms with Gasteiger partial charge >= 0.3 is 0 Å². The molecule has 3 rings (SSSR count). The average Bonchev–Trinajstić information content (AvgIpc) is 2.47. The van der Waals surface area contributed by atoms with Crippen LogP contribution in [0.15, 0.2) is 46.9 Å². The van der Waals surface area contributed by atoms with Gasteiger partial charge in [0.2, 0.25) is 0 Å². The summed E-state index contributed by atoms with van der Waals surface area (Å²) in [7, 11) is 0. The van der Waals surface area contributed by atoms with E-state index in [0.29, 0.717) is 22.2 Å². The Morgan fingerprint density at radius 1 is 1.09 bits per heavy atom. The van der Waals surface area contributed by atoms with Gasteiger partial charge in [0, 0.05) is 21.0 Å². The van der Waals surface area contributed by atoms with Crippen LogP contribution in [0.4, 0.5) is 0 Å². The summed E-state index contributed by atoms with van der Waals surface area (Å²) in [5.41, 5.74) is 4.04. The van der Waals surface area contributed by atoms with Crippen molar-refractivity contribution < 1.29 is 9.90 Å². The molecule has 3 aromatic rings. The number of nitrogens with zero attached hydrogens (tertiary/aromatic N) is 1. The molecule has 1 aromatic heterocycles. The Bertz CT molecular complexity index is 886. The molecule has 0 saturated carbocycles. The monoisotopic (exact) mass is 354 g/mol. The second-order valence-electron chi connectivity index (χ2n) is 5.28. The van der Waals surface area contributed by atoms with Crippen LogP contribution in [0.2, 0.25) is 0 Å². The lowest BCUT2D eigenvalue weighted by atomic mass is 9.97. The molecule has 0 unspecified atom stereocenters. The van der Waals surface area contributed by atoms with E-state index in [2.05, 4.69) is 20.9 Å². The first-order valence-electron chi connectivity index (χ1n) is 6.85. The number of carboxylic acid groups (broad SMARTS) is 1. The Morgan fingerprint density at radius 2 is 1.77 bits per heavy atom. The molecule has 0 radical (unpaired) electrons. The van der Waals surface area contributed by atoms with Crippen LogP contribution in [0, 0.1) is 13.8 Å². The zero-order chi connectivity index (χ0) is 15.9. The highest BCUT2D eigenvalue weighted by Crippen LogP contribution is 2.30. The maximum atomic E-state index is 11.6. The zero-order valence-electron chi connectivity index (χ0n) is 12.2. The normalized spacial score (nSPS) is 10.9. The molecule has 0 fully saturated rings. The minimum atomic E-state index is -1.17. The molecule has 22 heavy (non-hydrogen) atoms. The predicted molar refractivity (Wildman–Crippen MR) is 88.7 cm³/mol. The quantitative estimate of drug-likeness (QED) is 0.705. The number of aromatic carboxylic acids is 1. The molecule has 0 atom stereocenters. The summed E-state index contributed by atoms with van der Waals surface area (Å²) in [6.07, 6.45) is 0. The number of pyridine rings is 1. The predicted octanol–water partition coefficient (Wildman–Crippen LogP) is 3.64. The summed E-state index contributed by atoms with van der Waals surface area (Å²) < 4.78 is 0.963. The molecule has 0 aliphatic carbocycles. The van der Waals surface area contributed by atoms with E-state index in [1.807, 2.05) is 49.4 Å². The van der Waals surface area contributed by atoms with Crippen molar-refractivity contribution in [3.05, 3.63) is 63.6 Å². The van der Waals surface area contributed by atoms with Gasteiger partial charge in [0.25, 0.3) is 0 Å². The highest BCUT2D eigenvalue weighted by Gasteiger charge is 2.14. The van der Waals surface area contributed by atoms with Crippen LogP contribution >= 0.6 is 15.9 Å². The number of carbonyl (C=O) groups excluding carboxylic acids is 1. The molecule has 4 heteroatoms. The molecule has 110 valence electrons. The van der Waals surface area contributed by atoms with Crippen LogP contribution in [0.1, 0.15) is 21.5 Å². The van der Waals surface area contributed by atoms with Gasteiger partial charge in [0.1, 0.15) is 0 Å². The maximum Gasteiger partial charge on any atom is 0.0745 e. The van der Waals surface area contributed by atoms with Crippen molar-refractivity contribution >= 4 is 32.8 Å². The highest BCUT2D eigenvalue weighted by atomic mass is 79.9. The number of carboxylic acids is 1. The summed E-state index contributed by atoms with van der Waals surface area (Å²) in [4.78, 5) is 16.3. The number of aryl methyl sites for hydroxylation is 1. The topological polar surface area (TPSA) is 53.0 Å². The smallest absolute Gasteiger partial charge is 0.0745 e. The zero-order valence-corrected chi connectivity index (χ0v) is 13.8. The van der Waals surface area contributed by atoms with Gasteiger partial charge in [-0.05, 0) is 43.7 Å². The fourth-order valence-electron chi connectivity index (χ4n) is 2.62. The lowest BCUT2D eigenvalue weighted by Crippen LogP contribution is -2.24. The van der Waals surface area contributed by atoms with Gasteiger partial charge in [-0.15, -0.1) is 0 Å². The van der Waals surface area contributed by atoms with E-state index in [0.717, 1.165) is 15.6 Å². The molecular formula is C18H13BrNO2-. The molecule has 0 N–H and O–H groups in total. The van der Waals surface area contributed by atoms with Crippen molar-refractivity contribution in [3.8, 4) is 11.3 Å². The number of hydrogen-bond acceptors (Lipinski definition) is 3. The van der Waals surface area contributed by atoms with E-state index < -0.39 is 5.97 Å². The minimum absolute atomic E-state index is 0.214. The van der Waals surface area contributed by atoms with Gasteiger partial charge in [-0.25, -0.2) is 4.98 Å². The molecule has 0 amide bonds. The third kappa shape index (κ3) is 2.50. The first kappa shape index (κ1) is 14.7. The highest BCUT2D eigenvalue weighted by molar-refractivity contribution is 9.10. The Labute approximate surface area is 136 Å². The molecule has 3 nitrogen and oxygen atoms in total. The van der Waals surface area contributed by atoms with Crippen molar-refractivity contribution in [3.63, 3.8) is 0 Å². The Kier molecular flexibility index (Phi) is 3.71. The molecule has 1 heterocycles. The molecule has 0 aliphatic rings. The summed E-state index contributed by atoms with van der Waals surface area (Å²) in [5.74, 6) is -1.17. The fourth-order valence-corrected chi connectivity index (χ4v) is 2.89. The van der Waals surface area contributed by atoms with Crippen LogP contribution < -0.4 is 5.11 Å². The fraction of sp³-hybridized carbons (Fsp3) is 0.111. The lowest BCUT2D eigenvalue weighted by Gasteiger charge is -2.16. The summed E-state index contributed by atoms with van der Waals surface area (Å²) in [6.45, 7) is 3.70. The largest absolute Gasteiger partial charge is 0.545 e. The van der Waals surface area contributed by atoms with Crippen LogP contribution in [0.25, 0.3) is 22.2 Å². The number of aromatic nitrogens is 1. The van der Waals surface area contributed by atoms with Crippen LogP contribution in [0.3, 0.4) is 0 Å². The number of halogens is 1. The van der Waals surface area contributed by atoms with Crippen molar-refractivity contribution in [2.24, 2.45) is 0 Å². The number of carbonyl (C=O) groups is 1. The SMILES string of the molecule is Cc1ccc2nc(-c3ccc(Br)cc3)c(C)c(C(=O)[O-])c2c1. The first-order chi connectivity index (χ1) is 10.5. The summed E-state index contributed by atoms with van der Waals surface area (Å²) >= 11 is 3.40. The summed E-state index contributed by atoms with van der Waals surface area (Å²) in [5, 5.41) is 12.3. The van der Waals surface area contributed by atoms with Gasteiger partial charge < -0.3 is 9.90 Å². The van der Waals surface area contributed by atoms with Crippen molar-refractivity contribution in [2.75, 3.05) is 0 Å². The molecule has 0 spiro atoms. The lowest BCUT2D eigenvalue weighted by molar-refractivity contribution is -0.254. The van der Waals surface area contributed by atoms with Crippen molar-refractivity contribution in [2.45, 2.75) is 13.8 Å². The third-order valence-corrected chi connectivity index (χ3v) is 4.23. The third-order valence-electron chi connectivity index (χ3n) is 3.71. The van der Waals surface area contributed by atoms with E-state index in [9.17, 15) is 9.90 Å². The van der Waals surface area contributed by atoms with Gasteiger partial charge in [0.05, 0.1) is 17.2 Å². The number of benzene rings is 2. The van der Waals surface area contributed by atoms with Gasteiger partial charge in [-0.3, -0.25) is 0 Å². The minimum Gasteiger partial charge on any atom is -0.545 e. The Morgan fingerprint density at radius 3 is 2.41 bits per heavy atom. The van der Waals surface area contributed by atoms with Crippen LogP contribution in [0.5, 0.6) is 0 Å². The second-order valence-corrected chi connectivity index (χ2v) is 6.19. The van der Waals surface area contributed by atoms with Crippen LogP contribution in [-0.2, 0) is 0 Å². The molecule has 0 bridgehead atoms. The van der Waals surface area contributed by atoms with Gasteiger partial charge in [0.15, 0.2) is 0 Å². The number of fused-ring (bicyclic) bond motifs is 1. The van der Waals surface area contributed by atoms with E-state index in [1.165, 1.54) is 0 Å². The van der Waals surface area contributed by atoms with Crippen molar-refractivity contribution in [1.29, 1.82) is 0 Å². The molecule has 0 aliphatic heterocycles. The maximum absolute atomic E-state index is 11.6. The first-order valence-corrected chi connectivity index (χ1v) is 7.65. The second kappa shape index (κ2) is 5.54. The van der Waals surface area contributed by atoms with E-state index >= 15 is 0 Å². The van der Waals surface area contributed by atoms with Crippen LogP contribution in [-0.4, -0.2) is 11.0 Å². The number of rotatable bonds is 2. The van der Waals surface area contributed by atoms with E-state index in [4.69, 9.17) is 0 Å². The van der Waals surface area contributed by atoms with Crippen molar-refractivity contribution in [1.82, 2.24) is 4.98 Å². The molecule has 0 saturated heterocycles. The van der Waals surface area contributed by atoms with E-state index in [-0.39, 0.29) is 5.56 Å². The Balaban J connectivity index is 2.37. The van der Waals surface area contributed by atoms with E-state index in [1.54, 1.807) is 6.92 Å². The molecular weight excluding hydrogens is 342 g/mol. The standard InChI is InChI=1S/C18H14BrNO2/c1-10-3-8-15-14(9-10)16(18(21)22)11(2)17(20-15)12-4-6-13(19)7-5-12/h3-9H,1-2H3,(H,21,22)/p-1. The number of hydrogen-bond donors (Lipinski definition) is 0.